The predicted octanol–water partition coefficient (Wildman–Crippen LogP) is 2.87. The average molecular weight is 172 g/mol. The normalized spacial score (nSPS) is 9.73. The third-order valence-electron chi connectivity index (χ3n) is 1.34. The lowest BCUT2D eigenvalue weighted by molar-refractivity contribution is 0.625. The van der Waals surface area contributed by atoms with E-state index in [0.29, 0.717) is 10.6 Å². The molecular weight excluding hydrogens is 165 g/mol. The van der Waals surface area contributed by atoms with Gasteiger partial charge in [0.05, 0.1) is 0 Å². The molecule has 11 heavy (non-hydrogen) atoms. The first-order valence-corrected chi connectivity index (χ1v) is 3.49. The van der Waals surface area contributed by atoms with Crippen LogP contribution in [0.3, 0.4) is 0 Å². The second-order valence-electron chi connectivity index (χ2n) is 2.25. The quantitative estimate of drug-likeness (QED) is 0.629. The van der Waals surface area contributed by atoms with Crippen LogP contribution in [-0.4, -0.2) is 5.71 Å². The van der Waals surface area contributed by atoms with Crippen LogP contribution in [0, 0.1) is 11.2 Å². The van der Waals surface area contributed by atoms with Crippen LogP contribution in [0.4, 0.5) is 4.39 Å². The fourth-order valence-corrected chi connectivity index (χ4v) is 0.952. The molecule has 0 aromatic heterocycles. The summed E-state index contributed by atoms with van der Waals surface area (Å²) < 4.78 is 12.9. The van der Waals surface area contributed by atoms with Gasteiger partial charge < -0.3 is 5.41 Å². The van der Waals surface area contributed by atoms with Crippen molar-refractivity contribution in [3.05, 3.63) is 34.6 Å². The number of hydrogen-bond donors (Lipinski definition) is 1. The van der Waals surface area contributed by atoms with Crippen LogP contribution >= 0.6 is 11.6 Å². The second-order valence-corrected chi connectivity index (χ2v) is 2.69. The zero-order valence-electron chi connectivity index (χ0n) is 5.99. The van der Waals surface area contributed by atoms with Crippen LogP contribution in [0.5, 0.6) is 0 Å². The van der Waals surface area contributed by atoms with Crippen molar-refractivity contribution in [2.75, 3.05) is 0 Å². The minimum atomic E-state index is -0.440. The van der Waals surface area contributed by atoms with E-state index >= 15 is 0 Å². The monoisotopic (exact) mass is 171 g/mol. The Morgan fingerprint density at radius 3 is 2.64 bits per heavy atom. The van der Waals surface area contributed by atoms with Crippen LogP contribution in [0.25, 0.3) is 0 Å². The Hall–Kier alpha value is -0.890. The summed E-state index contributed by atoms with van der Waals surface area (Å²) in [5, 5.41) is 7.52. The number of benzene rings is 1. The van der Waals surface area contributed by atoms with Crippen molar-refractivity contribution < 1.29 is 4.39 Å². The molecule has 0 saturated carbocycles. The first-order valence-electron chi connectivity index (χ1n) is 3.12. The third kappa shape index (κ3) is 1.77. The molecule has 1 nitrogen and oxygen atoms in total. The van der Waals surface area contributed by atoms with Gasteiger partial charge in [0.25, 0.3) is 0 Å². The topological polar surface area (TPSA) is 23.9 Å². The highest BCUT2D eigenvalue weighted by molar-refractivity contribution is 6.30. The zero-order valence-corrected chi connectivity index (χ0v) is 6.74. The summed E-state index contributed by atoms with van der Waals surface area (Å²) >= 11 is 5.51. The van der Waals surface area contributed by atoms with E-state index in [-0.39, 0.29) is 5.71 Å². The van der Waals surface area contributed by atoms with Crippen molar-refractivity contribution in [1.82, 2.24) is 0 Å². The SMILES string of the molecule is CC(=N)c1ccc(Cl)cc1F. The summed E-state index contributed by atoms with van der Waals surface area (Å²) in [7, 11) is 0. The smallest absolute Gasteiger partial charge is 0.133 e. The molecule has 0 bridgehead atoms. The Bertz CT molecular complexity index is 296. The lowest BCUT2D eigenvalue weighted by Crippen LogP contribution is -1.95. The molecule has 0 saturated heterocycles. The summed E-state index contributed by atoms with van der Waals surface area (Å²) in [6.45, 7) is 1.53. The van der Waals surface area contributed by atoms with E-state index in [1.54, 1.807) is 6.07 Å². The molecule has 1 aromatic rings. The highest BCUT2D eigenvalue weighted by atomic mass is 35.5. The molecule has 0 spiro atoms. The van der Waals surface area contributed by atoms with E-state index in [4.69, 9.17) is 17.0 Å². The number of rotatable bonds is 1. The molecule has 0 heterocycles. The van der Waals surface area contributed by atoms with E-state index in [9.17, 15) is 4.39 Å². The van der Waals surface area contributed by atoms with E-state index in [0.717, 1.165) is 0 Å². The van der Waals surface area contributed by atoms with Gasteiger partial charge in [-0.1, -0.05) is 11.6 Å². The van der Waals surface area contributed by atoms with Gasteiger partial charge >= 0.3 is 0 Å². The minimum Gasteiger partial charge on any atom is -0.305 e. The molecule has 0 radical (unpaired) electrons. The molecule has 0 aliphatic heterocycles. The highest BCUT2D eigenvalue weighted by Crippen LogP contribution is 2.14. The van der Waals surface area contributed by atoms with Crippen molar-refractivity contribution in [2.24, 2.45) is 0 Å². The third-order valence-corrected chi connectivity index (χ3v) is 1.57. The molecule has 0 unspecified atom stereocenters. The minimum absolute atomic E-state index is 0.208. The van der Waals surface area contributed by atoms with Gasteiger partial charge in [0.2, 0.25) is 0 Å². The standard InChI is InChI=1S/C8H7ClFN/c1-5(11)7-3-2-6(9)4-8(7)10/h2-4,11H,1H3. The van der Waals surface area contributed by atoms with Crippen LogP contribution in [0.2, 0.25) is 5.02 Å². The molecule has 1 N–H and O–H groups in total. The van der Waals surface area contributed by atoms with Crippen molar-refractivity contribution in [3.63, 3.8) is 0 Å². The molecule has 0 amide bonds. The number of halogens is 2. The Balaban J connectivity index is 3.20. The molecular formula is C8H7ClFN. The van der Waals surface area contributed by atoms with Gasteiger partial charge in [-0.15, -0.1) is 0 Å². The lowest BCUT2D eigenvalue weighted by Gasteiger charge is -1.99. The Kier molecular flexibility index (Phi) is 2.25. The maximum absolute atomic E-state index is 12.9. The molecule has 0 aliphatic rings. The highest BCUT2D eigenvalue weighted by Gasteiger charge is 2.03. The Morgan fingerprint density at radius 2 is 2.18 bits per heavy atom. The van der Waals surface area contributed by atoms with E-state index < -0.39 is 5.82 Å². The van der Waals surface area contributed by atoms with Gasteiger partial charge in [0.15, 0.2) is 0 Å². The molecule has 3 heteroatoms. The van der Waals surface area contributed by atoms with Gasteiger partial charge in [-0.05, 0) is 25.1 Å². The Morgan fingerprint density at radius 1 is 1.55 bits per heavy atom. The maximum atomic E-state index is 12.9. The zero-order chi connectivity index (χ0) is 8.43. The summed E-state index contributed by atoms with van der Waals surface area (Å²) in [5.74, 6) is -0.440. The first kappa shape index (κ1) is 8.21. The fraction of sp³-hybridized carbons (Fsp3) is 0.125. The average Bonchev–Trinajstić information content (AvgIpc) is 1.85. The molecule has 1 rings (SSSR count). The van der Waals surface area contributed by atoms with Gasteiger partial charge in [0.1, 0.15) is 5.82 Å². The summed E-state index contributed by atoms with van der Waals surface area (Å²) in [5.41, 5.74) is 0.508. The summed E-state index contributed by atoms with van der Waals surface area (Å²) in [6, 6.07) is 4.27. The van der Waals surface area contributed by atoms with E-state index in [1.807, 2.05) is 0 Å². The molecule has 0 aliphatic carbocycles. The number of nitrogens with one attached hydrogen (secondary N) is 1. The first-order chi connectivity index (χ1) is 5.11. The van der Waals surface area contributed by atoms with Crippen molar-refractivity contribution in [1.29, 1.82) is 5.41 Å². The van der Waals surface area contributed by atoms with E-state index in [1.165, 1.54) is 19.1 Å². The molecule has 0 atom stereocenters. The van der Waals surface area contributed by atoms with E-state index in [2.05, 4.69) is 0 Å². The summed E-state index contributed by atoms with van der Waals surface area (Å²) in [4.78, 5) is 0. The number of hydrogen-bond acceptors (Lipinski definition) is 1. The Labute approximate surface area is 69.3 Å². The van der Waals surface area contributed by atoms with Gasteiger partial charge in [0, 0.05) is 16.3 Å². The largest absolute Gasteiger partial charge is 0.305 e. The van der Waals surface area contributed by atoms with Crippen LogP contribution in [0.1, 0.15) is 12.5 Å². The van der Waals surface area contributed by atoms with Gasteiger partial charge in [-0.25, -0.2) is 4.39 Å². The van der Waals surface area contributed by atoms with Crippen molar-refractivity contribution >= 4 is 17.3 Å². The molecule has 1 aromatic carbocycles. The van der Waals surface area contributed by atoms with Crippen LogP contribution in [0.15, 0.2) is 18.2 Å². The van der Waals surface area contributed by atoms with Gasteiger partial charge in [-0.3, -0.25) is 0 Å². The lowest BCUT2D eigenvalue weighted by atomic mass is 10.1. The fourth-order valence-electron chi connectivity index (χ4n) is 0.794. The predicted molar refractivity (Wildman–Crippen MR) is 43.9 cm³/mol. The second kappa shape index (κ2) is 3.01. The van der Waals surface area contributed by atoms with Crippen molar-refractivity contribution in [3.8, 4) is 0 Å². The molecule has 58 valence electrons. The molecule has 0 fully saturated rings. The van der Waals surface area contributed by atoms with Crippen LogP contribution in [-0.2, 0) is 0 Å². The van der Waals surface area contributed by atoms with Crippen LogP contribution < -0.4 is 0 Å². The summed E-state index contributed by atoms with van der Waals surface area (Å²) in [6.07, 6.45) is 0. The maximum Gasteiger partial charge on any atom is 0.133 e. The van der Waals surface area contributed by atoms with Crippen molar-refractivity contribution in [2.45, 2.75) is 6.92 Å². The van der Waals surface area contributed by atoms with Gasteiger partial charge in [-0.2, -0.15) is 0 Å².